The summed E-state index contributed by atoms with van der Waals surface area (Å²) in [5.74, 6) is -1.36. The van der Waals surface area contributed by atoms with Gasteiger partial charge in [0.2, 0.25) is 0 Å². The first-order valence-corrected chi connectivity index (χ1v) is 12.2. The summed E-state index contributed by atoms with van der Waals surface area (Å²) in [4.78, 5) is 20.4. The normalized spacial score (nSPS) is 10.5. The number of carboxylic acids is 2. The van der Waals surface area contributed by atoms with Crippen LogP contribution in [0.4, 0.5) is 0 Å². The van der Waals surface area contributed by atoms with E-state index in [2.05, 4.69) is 0 Å². The lowest BCUT2D eigenvalue weighted by Crippen LogP contribution is -1.93. The fraction of sp³-hybridized carbons (Fsp3) is 0.917. The highest BCUT2D eigenvalue weighted by Gasteiger charge is 1.97. The van der Waals surface area contributed by atoms with Crippen LogP contribution in [0.1, 0.15) is 128 Å². The zero-order chi connectivity index (χ0) is 22.7. The third-order valence-electron chi connectivity index (χ3n) is 5.10. The van der Waals surface area contributed by atoms with E-state index < -0.39 is 11.9 Å². The van der Waals surface area contributed by atoms with E-state index in [1.165, 1.54) is 51.4 Å². The minimum atomic E-state index is -0.681. The average molecular weight is 433 g/mol. The molecular formula is C24H48O6. The number of aliphatic hydroxyl groups is 2. The molecule has 0 spiro atoms. The van der Waals surface area contributed by atoms with Gasteiger partial charge < -0.3 is 20.4 Å². The first kappa shape index (κ1) is 31.0. The number of aliphatic carboxylic acids is 2. The van der Waals surface area contributed by atoms with Crippen molar-refractivity contribution < 1.29 is 30.0 Å². The largest absolute Gasteiger partial charge is 0.481 e. The van der Waals surface area contributed by atoms with Crippen molar-refractivity contribution in [1.82, 2.24) is 0 Å². The molecule has 0 amide bonds. The van der Waals surface area contributed by atoms with Crippen molar-refractivity contribution >= 4 is 11.9 Å². The highest BCUT2D eigenvalue weighted by atomic mass is 16.4. The Hall–Kier alpha value is -1.14. The molecule has 30 heavy (non-hydrogen) atoms. The Kier molecular flexibility index (Phi) is 28.8. The molecule has 0 fully saturated rings. The lowest BCUT2D eigenvalue weighted by Gasteiger charge is -2.00. The first-order valence-electron chi connectivity index (χ1n) is 12.2. The number of unbranched alkanes of at least 4 members (excludes halogenated alkanes) is 16. The van der Waals surface area contributed by atoms with Crippen LogP contribution < -0.4 is 0 Å². The van der Waals surface area contributed by atoms with Gasteiger partial charge in [0, 0.05) is 26.1 Å². The summed E-state index contributed by atoms with van der Waals surface area (Å²) in [6.45, 7) is 0.629. The summed E-state index contributed by atoms with van der Waals surface area (Å²) in [5.41, 5.74) is 0. The number of hydrogen-bond acceptors (Lipinski definition) is 4. The molecule has 0 aromatic carbocycles. The van der Waals surface area contributed by atoms with Crippen LogP contribution in [0.3, 0.4) is 0 Å². The zero-order valence-corrected chi connectivity index (χ0v) is 19.2. The maximum Gasteiger partial charge on any atom is 0.303 e. The smallest absolute Gasteiger partial charge is 0.303 e. The van der Waals surface area contributed by atoms with Crippen molar-refractivity contribution in [2.45, 2.75) is 128 Å². The van der Waals surface area contributed by atoms with Gasteiger partial charge in [-0.1, -0.05) is 89.9 Å². The Morgan fingerprint density at radius 1 is 0.367 bits per heavy atom. The third kappa shape index (κ3) is 34.4. The number of hydrogen-bond donors (Lipinski definition) is 4. The predicted octanol–water partition coefficient (Wildman–Crippen LogP) is 5.93. The summed E-state index contributed by atoms with van der Waals surface area (Å²) in [6.07, 6.45) is 20.7. The van der Waals surface area contributed by atoms with Gasteiger partial charge in [0.25, 0.3) is 0 Å². The minimum Gasteiger partial charge on any atom is -0.481 e. The Labute approximate surface area is 184 Å². The van der Waals surface area contributed by atoms with Crippen molar-refractivity contribution in [3.63, 3.8) is 0 Å². The maximum atomic E-state index is 10.2. The molecule has 0 aromatic heterocycles. The quantitative estimate of drug-likeness (QED) is 0.158. The molecule has 0 aromatic rings. The standard InChI is InChI=1S/2C12H24O3/c2*13-11-9-7-5-3-1-2-4-6-8-10-12(14)15/h2*13H,1-11H2,(H,14,15). The minimum absolute atomic E-state index is 0.315. The van der Waals surface area contributed by atoms with Crippen LogP contribution in [0, 0.1) is 0 Å². The molecule has 6 heteroatoms. The van der Waals surface area contributed by atoms with Gasteiger partial charge in [0.15, 0.2) is 0 Å². The van der Waals surface area contributed by atoms with Crippen molar-refractivity contribution in [2.24, 2.45) is 0 Å². The van der Waals surface area contributed by atoms with Crippen LogP contribution in [-0.4, -0.2) is 45.6 Å². The summed E-state index contributed by atoms with van der Waals surface area (Å²) in [6, 6.07) is 0. The van der Waals surface area contributed by atoms with E-state index in [0.29, 0.717) is 26.1 Å². The van der Waals surface area contributed by atoms with Gasteiger partial charge in [0.1, 0.15) is 0 Å². The molecule has 0 rings (SSSR count). The van der Waals surface area contributed by atoms with Gasteiger partial charge in [-0.05, 0) is 25.7 Å². The van der Waals surface area contributed by atoms with E-state index in [9.17, 15) is 9.59 Å². The van der Waals surface area contributed by atoms with Crippen molar-refractivity contribution in [3.05, 3.63) is 0 Å². The molecule has 0 saturated carbocycles. The Morgan fingerprint density at radius 3 is 0.767 bits per heavy atom. The van der Waals surface area contributed by atoms with Crippen molar-refractivity contribution in [2.75, 3.05) is 13.2 Å². The van der Waals surface area contributed by atoms with Gasteiger partial charge in [-0.3, -0.25) is 9.59 Å². The molecule has 6 nitrogen and oxygen atoms in total. The summed E-state index contributed by atoms with van der Waals surface area (Å²) in [5, 5.41) is 34.0. The van der Waals surface area contributed by atoms with E-state index in [0.717, 1.165) is 64.2 Å². The highest BCUT2D eigenvalue weighted by Crippen LogP contribution is 2.11. The van der Waals surface area contributed by atoms with Crippen LogP contribution >= 0.6 is 0 Å². The summed E-state index contributed by atoms with van der Waals surface area (Å²) >= 11 is 0. The topological polar surface area (TPSA) is 115 Å². The van der Waals surface area contributed by atoms with Gasteiger partial charge in [-0.2, -0.15) is 0 Å². The van der Waals surface area contributed by atoms with E-state index >= 15 is 0 Å². The molecule has 0 aliphatic heterocycles. The number of carbonyl (C=O) groups is 2. The number of rotatable bonds is 22. The molecule has 180 valence electrons. The second-order valence-corrected chi connectivity index (χ2v) is 8.10. The summed E-state index contributed by atoms with van der Waals surface area (Å²) in [7, 11) is 0. The van der Waals surface area contributed by atoms with Crippen LogP contribution in [0.15, 0.2) is 0 Å². The zero-order valence-electron chi connectivity index (χ0n) is 19.2. The van der Waals surface area contributed by atoms with Crippen LogP contribution in [0.25, 0.3) is 0 Å². The van der Waals surface area contributed by atoms with Crippen LogP contribution in [0.2, 0.25) is 0 Å². The molecule has 0 saturated heterocycles. The Balaban J connectivity index is 0. The molecular weight excluding hydrogens is 384 g/mol. The SMILES string of the molecule is O=C(O)CCCCCCCCCCCO.O=C(O)CCCCCCCCCCCO. The Bertz CT molecular complexity index is 326. The molecule has 0 heterocycles. The number of carboxylic acid groups (broad SMARTS) is 2. The second-order valence-electron chi connectivity index (χ2n) is 8.10. The Morgan fingerprint density at radius 2 is 0.567 bits per heavy atom. The van der Waals surface area contributed by atoms with E-state index in [1.54, 1.807) is 0 Å². The van der Waals surface area contributed by atoms with Gasteiger partial charge in [-0.25, -0.2) is 0 Å². The van der Waals surface area contributed by atoms with E-state index in [1.807, 2.05) is 0 Å². The van der Waals surface area contributed by atoms with E-state index in [4.69, 9.17) is 20.4 Å². The summed E-state index contributed by atoms with van der Waals surface area (Å²) < 4.78 is 0. The molecule has 0 radical (unpaired) electrons. The number of aliphatic hydroxyl groups excluding tert-OH is 2. The molecule has 0 atom stereocenters. The van der Waals surface area contributed by atoms with E-state index in [-0.39, 0.29) is 0 Å². The molecule has 4 N–H and O–H groups in total. The molecule has 0 bridgehead atoms. The molecule has 0 unspecified atom stereocenters. The molecule has 0 aliphatic carbocycles. The second kappa shape index (κ2) is 27.9. The van der Waals surface area contributed by atoms with Crippen molar-refractivity contribution in [1.29, 1.82) is 0 Å². The predicted molar refractivity (Wildman–Crippen MR) is 122 cm³/mol. The fourth-order valence-corrected chi connectivity index (χ4v) is 3.25. The molecule has 0 aliphatic rings. The van der Waals surface area contributed by atoms with Crippen LogP contribution in [-0.2, 0) is 9.59 Å². The lowest BCUT2D eigenvalue weighted by atomic mass is 10.1. The maximum absolute atomic E-state index is 10.2. The fourth-order valence-electron chi connectivity index (χ4n) is 3.25. The van der Waals surface area contributed by atoms with Gasteiger partial charge in [-0.15, -0.1) is 0 Å². The first-order chi connectivity index (χ1) is 14.5. The van der Waals surface area contributed by atoms with Crippen molar-refractivity contribution in [3.8, 4) is 0 Å². The monoisotopic (exact) mass is 432 g/mol. The highest BCUT2D eigenvalue weighted by molar-refractivity contribution is 5.66. The third-order valence-corrected chi connectivity index (χ3v) is 5.10. The van der Waals surface area contributed by atoms with Gasteiger partial charge in [0.05, 0.1) is 0 Å². The van der Waals surface area contributed by atoms with Gasteiger partial charge >= 0.3 is 11.9 Å². The van der Waals surface area contributed by atoms with Crippen LogP contribution in [0.5, 0.6) is 0 Å². The average Bonchev–Trinajstić information content (AvgIpc) is 2.71. The lowest BCUT2D eigenvalue weighted by molar-refractivity contribution is -0.138.